The van der Waals surface area contributed by atoms with Crippen molar-refractivity contribution in [2.45, 2.75) is 6.92 Å². The van der Waals surface area contributed by atoms with E-state index in [1.165, 1.54) is 6.20 Å². The van der Waals surface area contributed by atoms with Crippen LogP contribution in [0, 0.1) is 0 Å². The number of nitrogens with zero attached hydrogens (tertiary/aromatic N) is 3. The number of esters is 1. The lowest BCUT2D eigenvalue weighted by atomic mass is 10.2. The van der Waals surface area contributed by atoms with E-state index in [4.69, 9.17) is 9.47 Å². The van der Waals surface area contributed by atoms with Gasteiger partial charge in [-0.25, -0.2) is 4.79 Å². The van der Waals surface area contributed by atoms with E-state index in [1.54, 1.807) is 38.3 Å². The Morgan fingerprint density at radius 3 is 2.63 bits per heavy atom. The van der Waals surface area contributed by atoms with Crippen molar-refractivity contribution < 1.29 is 14.3 Å². The van der Waals surface area contributed by atoms with Crippen molar-refractivity contribution in [2.24, 2.45) is 0 Å². The highest BCUT2D eigenvalue weighted by molar-refractivity contribution is 5.89. The van der Waals surface area contributed by atoms with E-state index >= 15 is 0 Å². The number of ether oxygens (including phenoxy) is 2. The Kier molecular flexibility index (Phi) is 5.78. The molecule has 138 valence electrons. The van der Waals surface area contributed by atoms with Gasteiger partial charge in [0.1, 0.15) is 5.75 Å². The molecule has 3 aromatic rings. The minimum Gasteiger partial charge on any atom is -0.497 e. The molecule has 0 atom stereocenters. The third-order valence-electron chi connectivity index (χ3n) is 3.55. The third-order valence-corrected chi connectivity index (χ3v) is 3.55. The van der Waals surface area contributed by atoms with Crippen molar-refractivity contribution in [1.29, 1.82) is 0 Å². The number of aromatic nitrogens is 3. The van der Waals surface area contributed by atoms with Crippen LogP contribution in [0.25, 0.3) is 0 Å². The number of hydrogen-bond donors (Lipinski definition) is 2. The van der Waals surface area contributed by atoms with Gasteiger partial charge in [0.05, 0.1) is 25.5 Å². The zero-order chi connectivity index (χ0) is 19.1. The first-order valence-electron chi connectivity index (χ1n) is 8.33. The Hall–Kier alpha value is -3.68. The van der Waals surface area contributed by atoms with Crippen LogP contribution in [-0.4, -0.2) is 34.9 Å². The molecule has 0 saturated heterocycles. The number of benzene rings is 2. The van der Waals surface area contributed by atoms with Gasteiger partial charge in [-0.05, 0) is 43.3 Å². The number of rotatable bonds is 7. The second-order valence-corrected chi connectivity index (χ2v) is 5.44. The predicted octanol–water partition coefficient (Wildman–Crippen LogP) is 3.54. The molecule has 0 unspecified atom stereocenters. The van der Waals surface area contributed by atoms with Crippen LogP contribution in [0.2, 0.25) is 0 Å². The van der Waals surface area contributed by atoms with Crippen molar-refractivity contribution in [1.82, 2.24) is 15.2 Å². The molecule has 0 amide bonds. The van der Waals surface area contributed by atoms with E-state index < -0.39 is 0 Å². The molecule has 0 aliphatic heterocycles. The van der Waals surface area contributed by atoms with Crippen LogP contribution in [0.1, 0.15) is 17.3 Å². The van der Waals surface area contributed by atoms with E-state index in [2.05, 4.69) is 25.8 Å². The van der Waals surface area contributed by atoms with E-state index in [1.807, 2.05) is 24.3 Å². The Morgan fingerprint density at radius 1 is 1.07 bits per heavy atom. The highest BCUT2D eigenvalue weighted by Crippen LogP contribution is 2.20. The molecule has 1 heterocycles. The van der Waals surface area contributed by atoms with Crippen LogP contribution in [-0.2, 0) is 4.74 Å². The Balaban J connectivity index is 1.69. The minimum absolute atomic E-state index is 0.342. The van der Waals surface area contributed by atoms with Crippen molar-refractivity contribution in [3.63, 3.8) is 0 Å². The first-order valence-corrected chi connectivity index (χ1v) is 8.33. The van der Waals surface area contributed by atoms with Crippen LogP contribution < -0.4 is 15.4 Å². The topological polar surface area (TPSA) is 98.3 Å². The highest BCUT2D eigenvalue weighted by Gasteiger charge is 2.07. The summed E-state index contributed by atoms with van der Waals surface area (Å²) in [5.41, 5.74) is 2.03. The molecule has 3 rings (SSSR count). The van der Waals surface area contributed by atoms with Gasteiger partial charge in [-0.1, -0.05) is 6.07 Å². The molecule has 0 bridgehead atoms. The molecule has 0 aliphatic rings. The summed E-state index contributed by atoms with van der Waals surface area (Å²) < 4.78 is 10.2. The normalized spacial score (nSPS) is 10.1. The van der Waals surface area contributed by atoms with E-state index in [0.29, 0.717) is 23.9 Å². The summed E-state index contributed by atoms with van der Waals surface area (Å²) in [6, 6.07) is 14.3. The Labute approximate surface area is 156 Å². The van der Waals surface area contributed by atoms with Crippen LogP contribution >= 0.6 is 0 Å². The molecular formula is C19H19N5O3. The zero-order valence-electron chi connectivity index (χ0n) is 15.0. The van der Waals surface area contributed by atoms with E-state index in [-0.39, 0.29) is 5.97 Å². The van der Waals surface area contributed by atoms with Gasteiger partial charge in [0.15, 0.2) is 5.82 Å². The standard InChI is InChI=1S/C19H19N5O3/c1-3-27-18(25)13-7-9-14(10-8-13)21-17-12-20-24-19(23-17)22-15-5-4-6-16(11-15)26-2/h4-12H,3H2,1-2H3,(H2,21,22,23,24). The summed E-state index contributed by atoms with van der Waals surface area (Å²) >= 11 is 0. The van der Waals surface area contributed by atoms with Crippen LogP contribution in [0.5, 0.6) is 5.75 Å². The SMILES string of the molecule is CCOC(=O)c1ccc(Nc2cnnc(Nc3cccc(OC)c3)n2)cc1. The van der Waals surface area contributed by atoms with Crippen LogP contribution in [0.15, 0.2) is 54.7 Å². The molecule has 8 heteroatoms. The maximum Gasteiger partial charge on any atom is 0.338 e. The summed E-state index contributed by atoms with van der Waals surface area (Å²) in [7, 11) is 1.61. The zero-order valence-corrected chi connectivity index (χ0v) is 15.0. The maximum absolute atomic E-state index is 11.7. The monoisotopic (exact) mass is 365 g/mol. The molecule has 0 radical (unpaired) electrons. The average Bonchev–Trinajstić information content (AvgIpc) is 2.69. The Bertz CT molecular complexity index is 915. The number of anilines is 4. The molecule has 2 aromatic carbocycles. The molecule has 27 heavy (non-hydrogen) atoms. The molecule has 2 N–H and O–H groups in total. The van der Waals surface area contributed by atoms with Gasteiger partial charge in [-0.15, -0.1) is 5.10 Å². The molecule has 0 aliphatic carbocycles. The van der Waals surface area contributed by atoms with Gasteiger partial charge in [0, 0.05) is 17.4 Å². The number of methoxy groups -OCH3 is 1. The van der Waals surface area contributed by atoms with Crippen LogP contribution in [0.3, 0.4) is 0 Å². The van der Waals surface area contributed by atoms with Crippen molar-refractivity contribution in [3.05, 3.63) is 60.3 Å². The number of nitrogens with one attached hydrogen (secondary N) is 2. The fourth-order valence-corrected chi connectivity index (χ4v) is 2.30. The van der Waals surface area contributed by atoms with Gasteiger partial charge in [0.2, 0.25) is 5.95 Å². The van der Waals surface area contributed by atoms with Crippen molar-refractivity contribution in [3.8, 4) is 5.75 Å². The second kappa shape index (κ2) is 8.61. The summed E-state index contributed by atoms with van der Waals surface area (Å²) in [6.07, 6.45) is 1.51. The predicted molar refractivity (Wildman–Crippen MR) is 102 cm³/mol. The molecule has 0 spiro atoms. The largest absolute Gasteiger partial charge is 0.497 e. The summed E-state index contributed by atoms with van der Waals surface area (Å²) in [4.78, 5) is 16.1. The Morgan fingerprint density at radius 2 is 1.89 bits per heavy atom. The first kappa shape index (κ1) is 18.1. The highest BCUT2D eigenvalue weighted by atomic mass is 16.5. The first-order chi connectivity index (χ1) is 13.2. The number of carbonyl (C=O) groups is 1. The van der Waals surface area contributed by atoms with Gasteiger partial charge in [-0.2, -0.15) is 10.1 Å². The van der Waals surface area contributed by atoms with Crippen molar-refractivity contribution in [2.75, 3.05) is 24.4 Å². The minimum atomic E-state index is -0.350. The summed E-state index contributed by atoms with van der Waals surface area (Å²) in [5.74, 6) is 1.23. The van der Waals surface area contributed by atoms with Gasteiger partial charge >= 0.3 is 5.97 Å². The maximum atomic E-state index is 11.7. The summed E-state index contributed by atoms with van der Waals surface area (Å²) in [6.45, 7) is 2.11. The fraction of sp³-hybridized carbons (Fsp3) is 0.158. The van der Waals surface area contributed by atoms with Gasteiger partial charge in [-0.3, -0.25) is 0 Å². The third kappa shape index (κ3) is 4.91. The fourth-order valence-electron chi connectivity index (χ4n) is 2.30. The smallest absolute Gasteiger partial charge is 0.338 e. The number of hydrogen-bond acceptors (Lipinski definition) is 8. The van der Waals surface area contributed by atoms with E-state index in [9.17, 15) is 4.79 Å². The second-order valence-electron chi connectivity index (χ2n) is 5.44. The molecule has 0 saturated carbocycles. The molecular weight excluding hydrogens is 346 g/mol. The van der Waals surface area contributed by atoms with Gasteiger partial charge < -0.3 is 20.1 Å². The molecule has 8 nitrogen and oxygen atoms in total. The lowest BCUT2D eigenvalue weighted by Crippen LogP contribution is -2.05. The van der Waals surface area contributed by atoms with Crippen LogP contribution in [0.4, 0.5) is 23.1 Å². The van der Waals surface area contributed by atoms with Crippen molar-refractivity contribution >= 4 is 29.1 Å². The average molecular weight is 365 g/mol. The lowest BCUT2D eigenvalue weighted by molar-refractivity contribution is 0.0526. The van der Waals surface area contributed by atoms with Gasteiger partial charge in [0.25, 0.3) is 0 Å². The molecule has 0 fully saturated rings. The lowest BCUT2D eigenvalue weighted by Gasteiger charge is -2.09. The number of carbonyl (C=O) groups excluding carboxylic acids is 1. The quantitative estimate of drug-likeness (QED) is 0.614. The summed E-state index contributed by atoms with van der Waals surface area (Å²) in [5, 5.41) is 14.1. The molecule has 1 aromatic heterocycles. The van der Waals surface area contributed by atoms with E-state index in [0.717, 1.165) is 17.1 Å².